The molecule has 0 aromatic heterocycles. The van der Waals surface area contributed by atoms with Crippen LogP contribution in [-0.4, -0.2) is 70.0 Å². The van der Waals surface area contributed by atoms with Gasteiger partial charge in [0.25, 0.3) is 7.82 Å². The van der Waals surface area contributed by atoms with E-state index in [1.54, 1.807) is 0 Å². The Morgan fingerprint density at radius 2 is 1.10 bits per heavy atom. The fourth-order valence-electron chi connectivity index (χ4n) is 5.09. The normalized spacial score (nSPS) is 14.0. The zero-order valence-corrected chi connectivity index (χ0v) is 33.0. The molecule has 0 saturated heterocycles. The van der Waals surface area contributed by atoms with Crippen LogP contribution in [0.3, 0.4) is 0 Å². The van der Waals surface area contributed by atoms with Gasteiger partial charge in [-0.2, -0.15) is 0 Å². The van der Waals surface area contributed by atoms with E-state index in [-0.39, 0.29) is 26.1 Å². The Morgan fingerprint density at radius 3 is 1.65 bits per heavy atom. The third-order valence-electron chi connectivity index (χ3n) is 8.22. The molecule has 49 heavy (non-hydrogen) atoms. The van der Waals surface area contributed by atoms with Gasteiger partial charge in [0.1, 0.15) is 19.8 Å². The zero-order chi connectivity index (χ0) is 36.5. The van der Waals surface area contributed by atoms with Crippen molar-refractivity contribution in [1.29, 1.82) is 0 Å². The predicted molar refractivity (Wildman–Crippen MR) is 199 cm³/mol. The van der Waals surface area contributed by atoms with Crippen molar-refractivity contribution in [3.63, 3.8) is 0 Å². The molecule has 0 bridgehead atoms. The smallest absolute Gasteiger partial charge is 0.306 e. The summed E-state index contributed by atoms with van der Waals surface area (Å²) in [6, 6.07) is 0. The predicted octanol–water partition coefficient (Wildman–Crippen LogP) is 9.77. The van der Waals surface area contributed by atoms with E-state index in [0.717, 1.165) is 57.8 Å². The number of nitrogens with zero attached hydrogens (tertiary/aromatic N) is 1. The van der Waals surface area contributed by atoms with Crippen molar-refractivity contribution in [2.75, 3.05) is 47.5 Å². The van der Waals surface area contributed by atoms with Crippen molar-refractivity contribution in [3.05, 3.63) is 24.3 Å². The second-order valence-corrected chi connectivity index (χ2v) is 15.7. The Balaban J connectivity index is 4.42. The molecule has 0 radical (unpaired) electrons. The number of rotatable bonds is 35. The number of quaternary nitrogens is 1. The first-order chi connectivity index (χ1) is 23.5. The molecule has 0 aliphatic rings. The lowest BCUT2D eigenvalue weighted by molar-refractivity contribution is -0.870. The van der Waals surface area contributed by atoms with Crippen LogP contribution in [0.1, 0.15) is 162 Å². The Morgan fingerprint density at radius 1 is 0.633 bits per heavy atom. The Labute approximate surface area is 300 Å². The van der Waals surface area contributed by atoms with Crippen LogP contribution >= 0.6 is 7.82 Å². The highest BCUT2D eigenvalue weighted by atomic mass is 31.2. The lowest BCUT2D eigenvalue weighted by Gasteiger charge is -2.28. The summed E-state index contributed by atoms with van der Waals surface area (Å²) < 4.78 is 33.7. The first kappa shape index (κ1) is 47.5. The van der Waals surface area contributed by atoms with Gasteiger partial charge in [-0.15, -0.1) is 0 Å². The van der Waals surface area contributed by atoms with Crippen molar-refractivity contribution in [2.24, 2.45) is 0 Å². The fourth-order valence-corrected chi connectivity index (χ4v) is 5.82. The molecular formula is C39H74NO8P. The number of phosphoric ester groups is 1. The number of likely N-dealkylation sites (N-methyl/N-ethyl adjacent to an activating group) is 1. The van der Waals surface area contributed by atoms with Crippen LogP contribution < -0.4 is 4.89 Å². The minimum atomic E-state index is -4.61. The van der Waals surface area contributed by atoms with Crippen molar-refractivity contribution < 1.29 is 42.1 Å². The maximum atomic E-state index is 12.6. The summed E-state index contributed by atoms with van der Waals surface area (Å²) in [6.45, 7) is 4.15. The molecular weight excluding hydrogens is 641 g/mol. The average Bonchev–Trinajstić information content (AvgIpc) is 3.04. The summed E-state index contributed by atoms with van der Waals surface area (Å²) in [7, 11) is 1.16. The van der Waals surface area contributed by atoms with Crippen LogP contribution in [0.15, 0.2) is 24.3 Å². The lowest BCUT2D eigenvalue weighted by atomic mass is 10.1. The van der Waals surface area contributed by atoms with Gasteiger partial charge in [-0.05, 0) is 44.9 Å². The van der Waals surface area contributed by atoms with Gasteiger partial charge in [0.2, 0.25) is 0 Å². The Bertz CT molecular complexity index is 902. The molecule has 2 atom stereocenters. The molecule has 0 spiro atoms. The second-order valence-electron chi connectivity index (χ2n) is 14.3. The molecule has 0 saturated carbocycles. The minimum Gasteiger partial charge on any atom is -0.756 e. The first-order valence-electron chi connectivity index (χ1n) is 19.5. The SMILES string of the molecule is CCCCC/C=C/C/C=C/CCCCCCCC(=O)OC[C@@H](COP(=O)([O-])OCC[N+](C)(C)C)OC(=O)CCCCCCCCCCCC. The van der Waals surface area contributed by atoms with Crippen molar-refractivity contribution >= 4 is 19.8 Å². The van der Waals surface area contributed by atoms with Gasteiger partial charge in [-0.1, -0.05) is 128 Å². The molecule has 0 fully saturated rings. The number of phosphoric acid groups is 1. The van der Waals surface area contributed by atoms with Crippen molar-refractivity contribution in [3.8, 4) is 0 Å². The zero-order valence-electron chi connectivity index (χ0n) is 32.1. The number of hydrogen-bond donors (Lipinski definition) is 0. The number of ether oxygens (including phenoxy) is 2. The van der Waals surface area contributed by atoms with E-state index in [1.807, 2.05) is 21.1 Å². The second kappa shape index (κ2) is 32.4. The first-order valence-corrected chi connectivity index (χ1v) is 21.0. The minimum absolute atomic E-state index is 0.0317. The number of hydrogen-bond acceptors (Lipinski definition) is 8. The number of unbranched alkanes of at least 4 members (excludes halogenated alkanes) is 17. The van der Waals surface area contributed by atoms with Crippen LogP contribution in [0.5, 0.6) is 0 Å². The molecule has 10 heteroatoms. The maximum absolute atomic E-state index is 12.6. The highest BCUT2D eigenvalue weighted by Crippen LogP contribution is 2.38. The molecule has 0 aliphatic carbocycles. The van der Waals surface area contributed by atoms with Gasteiger partial charge in [0.05, 0.1) is 27.7 Å². The summed E-state index contributed by atoms with van der Waals surface area (Å²) in [5.41, 5.74) is 0. The topological polar surface area (TPSA) is 111 Å². The lowest BCUT2D eigenvalue weighted by Crippen LogP contribution is -2.37. The Hall–Kier alpha value is -1.51. The van der Waals surface area contributed by atoms with Crippen LogP contribution in [0.4, 0.5) is 0 Å². The van der Waals surface area contributed by atoms with E-state index in [4.69, 9.17) is 18.5 Å². The van der Waals surface area contributed by atoms with Gasteiger partial charge in [0, 0.05) is 12.8 Å². The van der Waals surface area contributed by atoms with E-state index in [2.05, 4.69) is 38.2 Å². The molecule has 0 N–H and O–H groups in total. The van der Waals surface area contributed by atoms with Gasteiger partial charge in [0.15, 0.2) is 6.10 Å². The molecule has 0 aromatic rings. The van der Waals surface area contributed by atoms with Crippen LogP contribution in [-0.2, 0) is 32.7 Å². The van der Waals surface area contributed by atoms with Gasteiger partial charge < -0.3 is 27.9 Å². The van der Waals surface area contributed by atoms with E-state index >= 15 is 0 Å². The third kappa shape index (κ3) is 36.1. The molecule has 0 heterocycles. The summed E-state index contributed by atoms with van der Waals surface area (Å²) in [6.07, 6.45) is 32.0. The standard InChI is InChI=1S/C39H74NO8P/c1-6-8-10-12-14-16-18-19-20-21-22-24-25-27-29-31-38(41)45-35-37(36-47-49(43,44)46-34-33-40(3,4)5)48-39(42)32-30-28-26-23-17-15-13-11-9-7-2/h14,16,19-20,37H,6-13,15,17-18,21-36H2,1-5H3/b16-14+,20-19+/t37-/m0/s1. The van der Waals surface area contributed by atoms with Crippen LogP contribution in [0, 0.1) is 0 Å². The monoisotopic (exact) mass is 716 g/mol. The summed E-state index contributed by atoms with van der Waals surface area (Å²) in [4.78, 5) is 37.3. The highest BCUT2D eigenvalue weighted by Gasteiger charge is 2.21. The number of carbonyl (C=O) groups excluding carboxylic acids is 2. The number of carbonyl (C=O) groups is 2. The number of esters is 2. The van der Waals surface area contributed by atoms with Gasteiger partial charge in [-0.3, -0.25) is 14.2 Å². The van der Waals surface area contributed by atoms with E-state index in [0.29, 0.717) is 23.9 Å². The summed E-state index contributed by atoms with van der Waals surface area (Å²) >= 11 is 0. The largest absolute Gasteiger partial charge is 0.756 e. The molecule has 0 aliphatic heterocycles. The maximum Gasteiger partial charge on any atom is 0.306 e. The van der Waals surface area contributed by atoms with Crippen LogP contribution in [0.25, 0.3) is 0 Å². The molecule has 0 amide bonds. The van der Waals surface area contributed by atoms with Crippen molar-refractivity contribution in [2.45, 2.75) is 168 Å². The molecule has 0 rings (SSSR count). The van der Waals surface area contributed by atoms with Gasteiger partial charge in [-0.25, -0.2) is 0 Å². The molecule has 1 unspecified atom stereocenters. The van der Waals surface area contributed by atoms with E-state index in [9.17, 15) is 19.0 Å². The fraction of sp³-hybridized carbons (Fsp3) is 0.846. The van der Waals surface area contributed by atoms with Gasteiger partial charge >= 0.3 is 11.9 Å². The molecule has 288 valence electrons. The molecule has 0 aromatic carbocycles. The van der Waals surface area contributed by atoms with E-state index < -0.39 is 32.5 Å². The third-order valence-corrected chi connectivity index (χ3v) is 9.19. The highest BCUT2D eigenvalue weighted by molar-refractivity contribution is 7.45. The molecule has 9 nitrogen and oxygen atoms in total. The summed E-state index contributed by atoms with van der Waals surface area (Å²) in [5, 5.41) is 0. The van der Waals surface area contributed by atoms with E-state index in [1.165, 1.54) is 64.2 Å². The Kier molecular flexibility index (Phi) is 31.4. The van der Waals surface area contributed by atoms with Crippen molar-refractivity contribution in [1.82, 2.24) is 0 Å². The average molecular weight is 716 g/mol. The number of allylic oxidation sites excluding steroid dienone is 4. The quantitative estimate of drug-likeness (QED) is 0.0210. The summed E-state index contributed by atoms with van der Waals surface area (Å²) in [5.74, 6) is -0.851. The van der Waals surface area contributed by atoms with Crippen LogP contribution in [0.2, 0.25) is 0 Å².